The molecule has 0 bridgehead atoms. The number of aliphatic imine (C=N–C) groups is 2. The Morgan fingerprint density at radius 1 is 1.00 bits per heavy atom. The normalized spacial score (nSPS) is 16.6. The molecular formula is C21H33CuN7OS2. The molecule has 1 fully saturated rings. The van der Waals surface area contributed by atoms with Crippen molar-refractivity contribution < 1.29 is 21.5 Å². The fourth-order valence-corrected chi connectivity index (χ4v) is 3.61. The number of nitrogens with one attached hydrogen (secondary N) is 2. The van der Waals surface area contributed by atoms with E-state index in [1.807, 2.05) is 32.9 Å². The number of rotatable bonds is 10. The minimum Gasteiger partial charge on any atom is -0.741 e. The van der Waals surface area contributed by atoms with E-state index >= 15 is 0 Å². The molecule has 1 saturated heterocycles. The fourth-order valence-electron chi connectivity index (χ4n) is 3.26. The summed E-state index contributed by atoms with van der Waals surface area (Å²) in [5.41, 5.74) is 6.68. The van der Waals surface area contributed by atoms with Gasteiger partial charge in [0.1, 0.15) is 11.5 Å². The first-order valence-corrected chi connectivity index (χ1v) is 11.7. The Morgan fingerprint density at radius 2 is 1.62 bits per heavy atom. The molecule has 1 aromatic heterocycles. The van der Waals surface area contributed by atoms with Crippen molar-refractivity contribution in [2.75, 3.05) is 32.7 Å². The summed E-state index contributed by atoms with van der Waals surface area (Å²) in [6.07, 6.45) is 5.93. The van der Waals surface area contributed by atoms with E-state index in [0.29, 0.717) is 40.6 Å². The van der Waals surface area contributed by atoms with E-state index in [9.17, 15) is 0 Å². The molecule has 0 amide bonds. The monoisotopic (exact) mass is 526 g/mol. The molecular weight excluding hydrogens is 494 g/mol. The Hall–Kier alpha value is -1.52. The Labute approximate surface area is 213 Å². The van der Waals surface area contributed by atoms with Gasteiger partial charge in [-0.2, -0.15) is 10.2 Å². The molecule has 0 aliphatic carbocycles. The first kappa shape index (κ1) is 28.5. The van der Waals surface area contributed by atoms with Gasteiger partial charge in [0.15, 0.2) is 5.76 Å². The van der Waals surface area contributed by atoms with Crippen LogP contribution in [0.3, 0.4) is 0 Å². The molecule has 0 spiro atoms. The zero-order valence-electron chi connectivity index (χ0n) is 19.0. The van der Waals surface area contributed by atoms with E-state index in [1.54, 1.807) is 0 Å². The predicted molar refractivity (Wildman–Crippen MR) is 134 cm³/mol. The van der Waals surface area contributed by atoms with Crippen molar-refractivity contribution in [2.45, 2.75) is 52.9 Å². The van der Waals surface area contributed by atoms with Crippen LogP contribution in [-0.2, 0) is 48.7 Å². The first-order chi connectivity index (χ1) is 15.0. The molecule has 1 aromatic rings. The van der Waals surface area contributed by atoms with Crippen LogP contribution in [0, 0.1) is 0 Å². The van der Waals surface area contributed by atoms with Gasteiger partial charge in [0.05, 0.1) is 5.71 Å². The zero-order chi connectivity index (χ0) is 22.5. The summed E-state index contributed by atoms with van der Waals surface area (Å²) in [5, 5.41) is 9.32. The van der Waals surface area contributed by atoms with Crippen molar-refractivity contribution in [2.24, 2.45) is 20.2 Å². The Bertz CT molecular complexity index is 802. The van der Waals surface area contributed by atoms with Crippen molar-refractivity contribution in [1.29, 1.82) is 0 Å². The van der Waals surface area contributed by atoms with Gasteiger partial charge in [-0.25, -0.2) is 0 Å². The van der Waals surface area contributed by atoms with E-state index in [-0.39, 0.29) is 17.1 Å². The maximum Gasteiger partial charge on any atom is 2.00 e. The number of hydrogen-bond acceptors (Lipinski definition) is 8. The van der Waals surface area contributed by atoms with Gasteiger partial charge in [-0.3, -0.25) is 20.8 Å². The van der Waals surface area contributed by atoms with Gasteiger partial charge >= 0.3 is 17.1 Å². The Kier molecular flexibility index (Phi) is 14.4. The van der Waals surface area contributed by atoms with Crippen LogP contribution >= 0.6 is 0 Å². The molecule has 1 radical (unpaired) electrons. The van der Waals surface area contributed by atoms with Crippen LogP contribution < -0.4 is 10.9 Å². The van der Waals surface area contributed by atoms with E-state index in [0.717, 1.165) is 25.1 Å². The quantitative estimate of drug-likeness (QED) is 0.160. The van der Waals surface area contributed by atoms with E-state index in [4.69, 9.17) is 29.7 Å². The van der Waals surface area contributed by atoms with Gasteiger partial charge in [0.2, 0.25) is 0 Å². The molecule has 0 atom stereocenters. The maximum absolute atomic E-state index is 6.07. The summed E-state index contributed by atoms with van der Waals surface area (Å²) < 4.78 is 6.07. The van der Waals surface area contributed by atoms with Crippen molar-refractivity contribution in [3.63, 3.8) is 0 Å². The van der Waals surface area contributed by atoms with Gasteiger partial charge in [-0.15, -0.1) is 0 Å². The Balaban J connectivity index is 0.00000512. The van der Waals surface area contributed by atoms with Crippen LogP contribution in [0.15, 0.2) is 36.7 Å². The SMILES string of the molecule is CCN=C([S-])N/N=C(/C(C)=N/NC([S-])=NCC)c1ccc(CCCN2CCCCC2)o1.[Cu+2]. The number of piperidine rings is 1. The summed E-state index contributed by atoms with van der Waals surface area (Å²) in [6.45, 7) is 10.3. The van der Waals surface area contributed by atoms with Gasteiger partial charge < -0.3 is 34.6 Å². The topological polar surface area (TPSA) is 89.9 Å². The number of hydrogen-bond donors (Lipinski definition) is 2. The van der Waals surface area contributed by atoms with Crippen molar-refractivity contribution in [1.82, 2.24) is 15.8 Å². The molecule has 2 N–H and O–H groups in total. The third kappa shape index (κ3) is 10.4. The number of furan rings is 1. The summed E-state index contributed by atoms with van der Waals surface area (Å²) in [5.74, 6) is 1.54. The molecule has 0 unspecified atom stereocenters. The van der Waals surface area contributed by atoms with Gasteiger partial charge in [-0.1, -0.05) is 6.42 Å². The standard InChI is InChI=1S/C21H35N7OS2.Cu/c1-4-22-20(30)26-24-16(3)19(25-27-21(31)23-5-2)18-12-11-17(29-18)10-9-15-28-13-7-6-8-14-28;/h11-12H,4-10,13-15H2,1-3H3,(H2,22,26,30)(H2,23,27,31);/q;+2/p-2/b24-16+,25-19-;. The smallest absolute Gasteiger partial charge is 0.741 e. The minimum absolute atomic E-state index is 0. The fraction of sp³-hybridized carbons (Fsp3) is 0.619. The first-order valence-electron chi connectivity index (χ1n) is 10.9. The summed E-state index contributed by atoms with van der Waals surface area (Å²) in [4.78, 5) is 10.8. The Morgan fingerprint density at radius 3 is 2.25 bits per heavy atom. The second kappa shape index (κ2) is 16.1. The molecule has 8 nitrogen and oxygen atoms in total. The van der Waals surface area contributed by atoms with Crippen molar-refractivity contribution in [3.8, 4) is 0 Å². The number of aryl methyl sites for hydroxylation is 1. The van der Waals surface area contributed by atoms with E-state index in [2.05, 4.69) is 35.9 Å². The third-order valence-corrected chi connectivity index (χ3v) is 5.21. The molecule has 2 rings (SSSR count). The van der Waals surface area contributed by atoms with Crippen LogP contribution in [-0.4, -0.2) is 59.4 Å². The van der Waals surface area contributed by atoms with Crippen LogP contribution in [0.5, 0.6) is 0 Å². The van der Waals surface area contributed by atoms with Crippen molar-refractivity contribution >= 4 is 47.0 Å². The molecule has 32 heavy (non-hydrogen) atoms. The number of likely N-dealkylation sites (tertiary alicyclic amines) is 1. The van der Waals surface area contributed by atoms with Gasteiger partial charge in [-0.05, 0) is 82.1 Å². The zero-order valence-corrected chi connectivity index (χ0v) is 21.6. The average Bonchev–Trinajstić information content (AvgIpc) is 3.22. The molecule has 2 heterocycles. The molecule has 0 saturated carbocycles. The second-order valence-corrected chi connectivity index (χ2v) is 7.99. The van der Waals surface area contributed by atoms with E-state index < -0.39 is 0 Å². The molecule has 1 aliphatic rings. The van der Waals surface area contributed by atoms with Gasteiger partial charge in [0.25, 0.3) is 0 Å². The van der Waals surface area contributed by atoms with Crippen LogP contribution in [0.4, 0.5) is 0 Å². The minimum atomic E-state index is 0. The third-order valence-electron chi connectivity index (χ3n) is 4.77. The van der Waals surface area contributed by atoms with Crippen LogP contribution in [0.1, 0.15) is 58.0 Å². The maximum atomic E-state index is 6.07. The number of hydrazone groups is 2. The molecule has 11 heteroatoms. The van der Waals surface area contributed by atoms with Gasteiger partial charge in [0, 0.05) is 19.5 Å². The summed E-state index contributed by atoms with van der Waals surface area (Å²) in [7, 11) is 0. The summed E-state index contributed by atoms with van der Waals surface area (Å²) in [6, 6.07) is 3.90. The van der Waals surface area contributed by atoms with Crippen LogP contribution in [0.2, 0.25) is 0 Å². The van der Waals surface area contributed by atoms with Crippen molar-refractivity contribution in [3.05, 3.63) is 23.7 Å². The number of amidine groups is 2. The van der Waals surface area contributed by atoms with Crippen LogP contribution in [0.25, 0.3) is 0 Å². The molecule has 1 aliphatic heterocycles. The average molecular weight is 527 g/mol. The predicted octanol–water partition coefficient (Wildman–Crippen LogP) is 2.80. The molecule has 181 valence electrons. The number of nitrogens with zero attached hydrogens (tertiary/aromatic N) is 5. The van der Waals surface area contributed by atoms with E-state index in [1.165, 1.54) is 32.4 Å². The largest absolute Gasteiger partial charge is 2.00 e. The molecule has 0 aromatic carbocycles. The summed E-state index contributed by atoms with van der Waals surface area (Å²) >= 11 is 10.3. The second-order valence-electron chi connectivity index (χ2n) is 7.21.